The molecule has 2 heterocycles. The summed E-state index contributed by atoms with van der Waals surface area (Å²) in [6, 6.07) is 19.1. The van der Waals surface area contributed by atoms with Crippen molar-refractivity contribution in [3.05, 3.63) is 89.2 Å². The van der Waals surface area contributed by atoms with Gasteiger partial charge in [0.15, 0.2) is 0 Å². The number of oxime groups is 1. The van der Waals surface area contributed by atoms with E-state index in [4.69, 9.17) is 14.4 Å². The van der Waals surface area contributed by atoms with Crippen LogP contribution in [-0.4, -0.2) is 22.8 Å². The Morgan fingerprint density at radius 2 is 1.67 bits per heavy atom. The van der Waals surface area contributed by atoms with E-state index in [1.807, 2.05) is 30.3 Å². The van der Waals surface area contributed by atoms with Gasteiger partial charge in [-0.25, -0.2) is 9.59 Å². The van der Waals surface area contributed by atoms with Crippen molar-refractivity contribution in [1.29, 1.82) is 0 Å². The number of hydrogen-bond donors (Lipinski definition) is 1. The number of nitrogens with zero attached hydrogens (tertiary/aromatic N) is 1. The molecule has 0 fully saturated rings. The van der Waals surface area contributed by atoms with Crippen molar-refractivity contribution in [2.24, 2.45) is 5.16 Å². The molecule has 0 amide bonds. The number of carboxylic acids is 1. The minimum absolute atomic E-state index is 0.199. The summed E-state index contributed by atoms with van der Waals surface area (Å²) in [5.74, 6) is -0.510. The lowest BCUT2D eigenvalue weighted by Crippen LogP contribution is -2.06. The van der Waals surface area contributed by atoms with Crippen LogP contribution in [0.3, 0.4) is 0 Å². The van der Waals surface area contributed by atoms with Gasteiger partial charge in [0.05, 0.1) is 11.1 Å². The zero-order valence-corrected chi connectivity index (χ0v) is 14.0. The first-order valence-electron chi connectivity index (χ1n) is 8.12. The summed E-state index contributed by atoms with van der Waals surface area (Å²) in [6.07, 6.45) is 1.58. The van der Waals surface area contributed by atoms with Crippen LogP contribution in [0.4, 0.5) is 0 Å². The minimum Gasteiger partial charge on any atom is -0.478 e. The van der Waals surface area contributed by atoms with Crippen LogP contribution in [0.1, 0.15) is 21.7 Å². The van der Waals surface area contributed by atoms with Crippen LogP contribution >= 0.6 is 0 Å². The van der Waals surface area contributed by atoms with E-state index in [-0.39, 0.29) is 5.56 Å². The van der Waals surface area contributed by atoms with Crippen LogP contribution in [-0.2, 0) is 9.63 Å². The van der Waals surface area contributed by atoms with E-state index in [2.05, 4.69) is 5.16 Å². The molecule has 0 saturated heterocycles. The third-order valence-electron chi connectivity index (χ3n) is 4.07. The molecule has 3 aromatic rings. The van der Waals surface area contributed by atoms with E-state index < -0.39 is 11.9 Å². The van der Waals surface area contributed by atoms with Crippen LogP contribution < -0.4 is 0 Å². The van der Waals surface area contributed by atoms with Gasteiger partial charge in [0.25, 0.3) is 0 Å². The Morgan fingerprint density at radius 3 is 2.37 bits per heavy atom. The van der Waals surface area contributed by atoms with E-state index in [1.165, 1.54) is 12.1 Å². The van der Waals surface area contributed by atoms with Gasteiger partial charge in [-0.05, 0) is 30.3 Å². The molecular formula is C21H13NO5. The highest BCUT2D eigenvalue weighted by atomic mass is 16.7. The number of hydrogen-bond acceptors (Lipinski definition) is 5. The maximum Gasteiger partial charge on any atom is 0.368 e. The van der Waals surface area contributed by atoms with E-state index in [9.17, 15) is 9.59 Å². The van der Waals surface area contributed by atoms with Gasteiger partial charge in [0, 0.05) is 11.1 Å². The fraction of sp³-hybridized carbons (Fsp3) is 0. The lowest BCUT2D eigenvalue weighted by molar-refractivity contribution is -0.136. The van der Waals surface area contributed by atoms with Crippen molar-refractivity contribution in [2.45, 2.75) is 0 Å². The third kappa shape index (κ3) is 3.28. The fourth-order valence-corrected chi connectivity index (χ4v) is 2.72. The molecule has 6 heteroatoms. The van der Waals surface area contributed by atoms with Gasteiger partial charge in [-0.15, -0.1) is 0 Å². The third-order valence-corrected chi connectivity index (χ3v) is 4.07. The molecule has 0 unspecified atom stereocenters. The van der Waals surface area contributed by atoms with Crippen molar-refractivity contribution in [3.63, 3.8) is 0 Å². The molecule has 1 N–H and O–H groups in total. The van der Waals surface area contributed by atoms with E-state index in [0.29, 0.717) is 22.8 Å². The molecule has 0 aliphatic carbocycles. The molecule has 27 heavy (non-hydrogen) atoms. The van der Waals surface area contributed by atoms with E-state index in [0.717, 1.165) is 11.1 Å². The van der Waals surface area contributed by atoms with Crippen LogP contribution in [0.2, 0.25) is 0 Å². The van der Waals surface area contributed by atoms with Crippen molar-refractivity contribution >= 4 is 23.7 Å². The smallest absolute Gasteiger partial charge is 0.368 e. The Labute approximate surface area is 154 Å². The fourth-order valence-electron chi connectivity index (χ4n) is 2.72. The highest BCUT2D eigenvalue weighted by Gasteiger charge is 2.27. The highest BCUT2D eigenvalue weighted by molar-refractivity contribution is 6.31. The molecule has 0 bridgehead atoms. The summed E-state index contributed by atoms with van der Waals surface area (Å²) < 4.78 is 5.78. The number of rotatable bonds is 4. The lowest BCUT2D eigenvalue weighted by Gasteiger charge is -2.00. The molecule has 1 aromatic heterocycles. The molecule has 1 aliphatic rings. The van der Waals surface area contributed by atoms with Crippen LogP contribution in [0, 0.1) is 0 Å². The van der Waals surface area contributed by atoms with Gasteiger partial charge in [-0.3, -0.25) is 0 Å². The molecule has 132 valence electrons. The predicted octanol–water partition coefficient (Wildman–Crippen LogP) is 3.99. The van der Waals surface area contributed by atoms with Gasteiger partial charge < -0.3 is 14.4 Å². The summed E-state index contributed by atoms with van der Waals surface area (Å²) >= 11 is 0. The maximum absolute atomic E-state index is 12.0. The summed E-state index contributed by atoms with van der Waals surface area (Å²) in [5, 5.41) is 12.8. The zero-order valence-electron chi connectivity index (χ0n) is 14.0. The molecule has 0 spiro atoms. The molecule has 2 aromatic carbocycles. The molecule has 0 atom stereocenters. The van der Waals surface area contributed by atoms with Crippen molar-refractivity contribution in [2.75, 3.05) is 0 Å². The zero-order chi connectivity index (χ0) is 18.8. The number of furan rings is 1. The van der Waals surface area contributed by atoms with Crippen LogP contribution in [0.5, 0.6) is 0 Å². The standard InChI is InChI=1S/C21H13NO5/c23-20(24)15-8-6-13(7-9-15)18-11-10-16(26-18)12-17-19(22-27-21(17)25)14-4-2-1-3-5-14/h1-12H,(H,23,24)/b17-12-. The number of benzene rings is 2. The molecular weight excluding hydrogens is 346 g/mol. The molecule has 4 rings (SSSR count). The van der Waals surface area contributed by atoms with Gasteiger partial charge in [-0.2, -0.15) is 0 Å². The molecule has 1 aliphatic heterocycles. The molecule has 6 nitrogen and oxygen atoms in total. The second-order valence-electron chi connectivity index (χ2n) is 5.83. The quantitative estimate of drug-likeness (QED) is 0.562. The second-order valence-corrected chi connectivity index (χ2v) is 5.83. The topological polar surface area (TPSA) is 89.1 Å². The molecule has 0 saturated carbocycles. The first-order valence-corrected chi connectivity index (χ1v) is 8.12. The maximum atomic E-state index is 12.0. The second kappa shape index (κ2) is 6.76. The summed E-state index contributed by atoms with van der Waals surface area (Å²) in [6.45, 7) is 0. The Morgan fingerprint density at radius 1 is 0.926 bits per heavy atom. The summed E-state index contributed by atoms with van der Waals surface area (Å²) in [7, 11) is 0. The first kappa shape index (κ1) is 16.5. The largest absolute Gasteiger partial charge is 0.478 e. The number of carbonyl (C=O) groups is 2. The number of carbonyl (C=O) groups excluding carboxylic acids is 1. The van der Waals surface area contributed by atoms with Crippen molar-refractivity contribution < 1.29 is 24.0 Å². The SMILES string of the molecule is O=C1ON=C(c2ccccc2)/C1=C/c1ccc(-c2ccc(C(=O)O)cc2)o1. The Balaban J connectivity index is 1.64. The van der Waals surface area contributed by atoms with E-state index in [1.54, 1.807) is 30.3 Å². The number of carboxylic acid groups (broad SMARTS) is 1. The number of aromatic carboxylic acids is 1. The van der Waals surface area contributed by atoms with Crippen molar-refractivity contribution in [3.8, 4) is 11.3 Å². The van der Waals surface area contributed by atoms with Gasteiger partial charge in [0.2, 0.25) is 0 Å². The van der Waals surface area contributed by atoms with Gasteiger partial charge >= 0.3 is 11.9 Å². The average molecular weight is 359 g/mol. The van der Waals surface area contributed by atoms with Crippen LogP contribution in [0.25, 0.3) is 17.4 Å². The van der Waals surface area contributed by atoms with E-state index >= 15 is 0 Å². The van der Waals surface area contributed by atoms with Crippen LogP contribution in [0.15, 0.2) is 81.9 Å². The molecule has 0 radical (unpaired) electrons. The average Bonchev–Trinajstić information content (AvgIpc) is 3.30. The monoisotopic (exact) mass is 359 g/mol. The Kier molecular flexibility index (Phi) is 4.14. The van der Waals surface area contributed by atoms with Crippen molar-refractivity contribution in [1.82, 2.24) is 0 Å². The normalized spacial score (nSPS) is 14.9. The summed E-state index contributed by atoms with van der Waals surface area (Å²) in [4.78, 5) is 27.8. The first-order chi connectivity index (χ1) is 13.1. The Bertz CT molecular complexity index is 1080. The minimum atomic E-state index is -0.987. The predicted molar refractivity (Wildman–Crippen MR) is 98.2 cm³/mol. The summed E-state index contributed by atoms with van der Waals surface area (Å²) in [5.41, 5.74) is 2.46. The van der Waals surface area contributed by atoms with Gasteiger partial charge in [0.1, 0.15) is 17.2 Å². The Hall–Kier alpha value is -3.93. The van der Waals surface area contributed by atoms with Gasteiger partial charge in [-0.1, -0.05) is 47.6 Å². The lowest BCUT2D eigenvalue weighted by atomic mass is 10.0. The highest BCUT2D eigenvalue weighted by Crippen LogP contribution is 2.26.